The molecule has 0 radical (unpaired) electrons. The third-order valence-corrected chi connectivity index (χ3v) is 2.53. The molecule has 0 spiro atoms. The number of terminal acetylenes is 1. The summed E-state index contributed by atoms with van der Waals surface area (Å²) in [4.78, 5) is 12.0. The van der Waals surface area contributed by atoms with E-state index in [1.54, 1.807) is 6.07 Å². The molecular weight excluding hydrogens is 210 g/mol. The van der Waals surface area contributed by atoms with Crippen LogP contribution in [-0.4, -0.2) is 11.8 Å². The van der Waals surface area contributed by atoms with E-state index in [2.05, 4.69) is 19.8 Å². The molecule has 17 heavy (non-hydrogen) atoms. The topological polar surface area (TPSA) is 43.1 Å². The first-order valence-corrected chi connectivity index (χ1v) is 5.86. The lowest BCUT2D eigenvalue weighted by Gasteiger charge is -2.10. The quantitative estimate of drug-likeness (QED) is 0.622. The van der Waals surface area contributed by atoms with E-state index in [4.69, 9.17) is 12.2 Å². The van der Waals surface area contributed by atoms with Gasteiger partial charge in [-0.1, -0.05) is 32.0 Å². The zero-order valence-corrected chi connectivity index (χ0v) is 10.4. The Labute approximate surface area is 103 Å². The SMILES string of the molecule is C#CCC(N)C(=O)c1cccc(CC(C)C)c1. The van der Waals surface area contributed by atoms with Crippen LogP contribution in [-0.2, 0) is 6.42 Å². The maximum atomic E-state index is 12.0. The number of ketones is 1. The van der Waals surface area contributed by atoms with Crippen molar-refractivity contribution in [3.8, 4) is 12.3 Å². The molecule has 1 atom stereocenters. The van der Waals surface area contributed by atoms with E-state index in [1.165, 1.54) is 5.56 Å². The summed E-state index contributed by atoms with van der Waals surface area (Å²) in [5.74, 6) is 2.91. The smallest absolute Gasteiger partial charge is 0.180 e. The minimum Gasteiger partial charge on any atom is -0.320 e. The van der Waals surface area contributed by atoms with Crippen LogP contribution >= 0.6 is 0 Å². The number of benzene rings is 1. The Kier molecular flexibility index (Phi) is 4.93. The predicted molar refractivity (Wildman–Crippen MR) is 70.7 cm³/mol. The monoisotopic (exact) mass is 229 g/mol. The zero-order chi connectivity index (χ0) is 12.8. The van der Waals surface area contributed by atoms with Gasteiger partial charge >= 0.3 is 0 Å². The largest absolute Gasteiger partial charge is 0.320 e. The van der Waals surface area contributed by atoms with Gasteiger partial charge in [0.2, 0.25) is 0 Å². The summed E-state index contributed by atoms with van der Waals surface area (Å²) in [7, 11) is 0. The van der Waals surface area contributed by atoms with Crippen molar-refractivity contribution in [1.29, 1.82) is 0 Å². The highest BCUT2D eigenvalue weighted by Crippen LogP contribution is 2.12. The van der Waals surface area contributed by atoms with Gasteiger partial charge in [0, 0.05) is 12.0 Å². The van der Waals surface area contributed by atoms with Gasteiger partial charge in [-0.3, -0.25) is 4.79 Å². The minimum absolute atomic E-state index is 0.0754. The fourth-order valence-corrected chi connectivity index (χ4v) is 1.76. The van der Waals surface area contributed by atoms with Crippen LogP contribution in [0.15, 0.2) is 24.3 Å². The van der Waals surface area contributed by atoms with Crippen LogP contribution in [0.1, 0.15) is 36.2 Å². The highest BCUT2D eigenvalue weighted by Gasteiger charge is 2.14. The van der Waals surface area contributed by atoms with Crippen molar-refractivity contribution < 1.29 is 4.79 Å². The molecule has 0 saturated carbocycles. The highest BCUT2D eigenvalue weighted by molar-refractivity contribution is 6.00. The van der Waals surface area contributed by atoms with Gasteiger partial charge in [0.15, 0.2) is 5.78 Å². The average Bonchev–Trinajstić information content (AvgIpc) is 2.28. The molecule has 90 valence electrons. The van der Waals surface area contributed by atoms with Gasteiger partial charge < -0.3 is 5.73 Å². The Morgan fingerprint density at radius 3 is 2.76 bits per heavy atom. The standard InChI is InChI=1S/C15H19NO/c1-4-6-14(16)15(17)13-8-5-7-12(10-13)9-11(2)3/h1,5,7-8,10-11,14H,6,9,16H2,2-3H3. The molecule has 1 rings (SSSR count). The Bertz CT molecular complexity index is 429. The van der Waals surface area contributed by atoms with Crippen molar-refractivity contribution in [2.24, 2.45) is 11.7 Å². The lowest BCUT2D eigenvalue weighted by atomic mass is 9.97. The van der Waals surface area contributed by atoms with E-state index < -0.39 is 6.04 Å². The summed E-state index contributed by atoms with van der Waals surface area (Å²) < 4.78 is 0. The van der Waals surface area contributed by atoms with E-state index in [-0.39, 0.29) is 12.2 Å². The van der Waals surface area contributed by atoms with Gasteiger partial charge in [0.25, 0.3) is 0 Å². The van der Waals surface area contributed by atoms with Crippen LogP contribution < -0.4 is 5.73 Å². The van der Waals surface area contributed by atoms with Crippen molar-refractivity contribution >= 4 is 5.78 Å². The van der Waals surface area contributed by atoms with Crippen molar-refractivity contribution in [2.75, 3.05) is 0 Å². The number of rotatable bonds is 5. The Hall–Kier alpha value is -1.59. The maximum absolute atomic E-state index is 12.0. The predicted octanol–water partition coefficient (Wildman–Crippen LogP) is 2.42. The molecule has 0 amide bonds. The summed E-state index contributed by atoms with van der Waals surface area (Å²) in [5.41, 5.74) is 7.54. The first-order valence-electron chi connectivity index (χ1n) is 5.86. The second kappa shape index (κ2) is 6.22. The first-order chi connectivity index (χ1) is 8.04. The van der Waals surface area contributed by atoms with Gasteiger partial charge in [-0.05, 0) is 24.0 Å². The molecule has 0 aliphatic carbocycles. The van der Waals surface area contributed by atoms with Crippen molar-refractivity contribution in [1.82, 2.24) is 0 Å². The molecule has 0 bridgehead atoms. The average molecular weight is 229 g/mol. The van der Waals surface area contributed by atoms with E-state index in [9.17, 15) is 4.79 Å². The second-order valence-corrected chi connectivity index (χ2v) is 4.68. The summed E-state index contributed by atoms with van der Waals surface area (Å²) in [6.07, 6.45) is 6.41. The van der Waals surface area contributed by atoms with Crippen LogP contribution in [0.2, 0.25) is 0 Å². The molecule has 0 aliphatic heterocycles. The van der Waals surface area contributed by atoms with Crippen molar-refractivity contribution in [3.63, 3.8) is 0 Å². The summed E-state index contributed by atoms with van der Waals surface area (Å²) in [5, 5.41) is 0. The lowest BCUT2D eigenvalue weighted by molar-refractivity contribution is 0.0962. The molecule has 0 fully saturated rings. The number of hydrogen-bond acceptors (Lipinski definition) is 2. The van der Waals surface area contributed by atoms with Crippen molar-refractivity contribution in [3.05, 3.63) is 35.4 Å². The Balaban J connectivity index is 2.84. The maximum Gasteiger partial charge on any atom is 0.180 e. The van der Waals surface area contributed by atoms with Crippen LogP contribution in [0, 0.1) is 18.3 Å². The van der Waals surface area contributed by atoms with Gasteiger partial charge in [-0.15, -0.1) is 12.3 Å². The van der Waals surface area contributed by atoms with E-state index >= 15 is 0 Å². The number of Topliss-reactive ketones (excluding diaryl/α,β-unsaturated/α-hetero) is 1. The van der Waals surface area contributed by atoms with Crippen LogP contribution in [0.25, 0.3) is 0 Å². The van der Waals surface area contributed by atoms with Crippen molar-refractivity contribution in [2.45, 2.75) is 32.7 Å². The number of carbonyl (C=O) groups excluding carboxylic acids is 1. The fraction of sp³-hybridized carbons (Fsp3) is 0.400. The van der Waals surface area contributed by atoms with Gasteiger partial charge in [0.1, 0.15) is 0 Å². The zero-order valence-electron chi connectivity index (χ0n) is 10.4. The summed E-state index contributed by atoms with van der Waals surface area (Å²) >= 11 is 0. The van der Waals surface area contributed by atoms with Crippen LogP contribution in [0.3, 0.4) is 0 Å². The molecule has 0 aromatic heterocycles. The lowest BCUT2D eigenvalue weighted by Crippen LogP contribution is -2.30. The summed E-state index contributed by atoms with van der Waals surface area (Å²) in [6, 6.07) is 7.05. The van der Waals surface area contributed by atoms with E-state index in [1.807, 2.05) is 18.2 Å². The third kappa shape index (κ3) is 4.05. The first kappa shape index (κ1) is 13.5. The van der Waals surface area contributed by atoms with Crippen LogP contribution in [0.5, 0.6) is 0 Å². The molecule has 1 aromatic carbocycles. The number of nitrogens with two attached hydrogens (primary N) is 1. The number of carbonyl (C=O) groups is 1. The van der Waals surface area contributed by atoms with Gasteiger partial charge in [0.05, 0.1) is 6.04 Å². The molecule has 0 heterocycles. The van der Waals surface area contributed by atoms with E-state index in [0.717, 1.165) is 6.42 Å². The minimum atomic E-state index is -0.589. The van der Waals surface area contributed by atoms with Gasteiger partial charge in [-0.2, -0.15) is 0 Å². The molecule has 2 heteroatoms. The molecule has 1 aromatic rings. The molecule has 2 N–H and O–H groups in total. The molecule has 0 aliphatic rings. The Morgan fingerprint density at radius 2 is 2.18 bits per heavy atom. The third-order valence-electron chi connectivity index (χ3n) is 2.53. The normalized spacial score (nSPS) is 12.2. The molecule has 1 unspecified atom stereocenters. The van der Waals surface area contributed by atoms with Crippen LogP contribution in [0.4, 0.5) is 0 Å². The molecular formula is C15H19NO. The highest BCUT2D eigenvalue weighted by atomic mass is 16.1. The van der Waals surface area contributed by atoms with Gasteiger partial charge in [-0.25, -0.2) is 0 Å². The molecule has 0 saturated heterocycles. The number of hydrogen-bond donors (Lipinski definition) is 1. The summed E-state index contributed by atoms with van der Waals surface area (Å²) in [6.45, 7) is 4.30. The molecule has 2 nitrogen and oxygen atoms in total. The fourth-order valence-electron chi connectivity index (χ4n) is 1.76. The second-order valence-electron chi connectivity index (χ2n) is 4.68. The van der Waals surface area contributed by atoms with E-state index in [0.29, 0.717) is 11.5 Å². The Morgan fingerprint density at radius 1 is 1.47 bits per heavy atom.